The third-order valence-electron chi connectivity index (χ3n) is 5.99. The zero-order valence-corrected chi connectivity index (χ0v) is 17.5. The van der Waals surface area contributed by atoms with Crippen molar-refractivity contribution in [2.24, 2.45) is 0 Å². The van der Waals surface area contributed by atoms with Crippen LogP contribution in [0.2, 0.25) is 0 Å². The second kappa shape index (κ2) is 8.09. The van der Waals surface area contributed by atoms with E-state index in [1.165, 1.54) is 6.33 Å². The van der Waals surface area contributed by atoms with Crippen molar-refractivity contribution in [2.45, 2.75) is 39.0 Å². The van der Waals surface area contributed by atoms with E-state index in [1.54, 1.807) is 12.3 Å². The molecule has 2 amide bonds. The number of hydrogen-bond donors (Lipinski definition) is 1. The molecule has 162 valence electrons. The summed E-state index contributed by atoms with van der Waals surface area (Å²) < 4.78 is 14.8. The molecule has 5 heterocycles. The van der Waals surface area contributed by atoms with Crippen molar-refractivity contribution in [3.63, 3.8) is 0 Å². The number of likely N-dealkylation sites (tertiary alicyclic amines) is 2. The van der Waals surface area contributed by atoms with Crippen molar-refractivity contribution >= 4 is 23.0 Å². The Morgan fingerprint density at radius 3 is 2.74 bits per heavy atom. The van der Waals surface area contributed by atoms with Crippen LogP contribution in [0.4, 0.5) is 15.0 Å². The number of rotatable bonds is 5. The highest BCUT2D eigenvalue weighted by atomic mass is 19.1. The average molecular weight is 424 g/mol. The number of aryl methyl sites for hydroxylation is 1. The van der Waals surface area contributed by atoms with E-state index in [-0.39, 0.29) is 12.1 Å². The topological polar surface area (TPSA) is 92.1 Å². The summed E-state index contributed by atoms with van der Waals surface area (Å²) in [6.45, 7) is 5.22. The van der Waals surface area contributed by atoms with Crippen LogP contribution < -0.4 is 5.32 Å². The number of pyridine rings is 1. The van der Waals surface area contributed by atoms with Crippen LogP contribution in [-0.4, -0.2) is 72.6 Å². The minimum atomic E-state index is -0.595. The van der Waals surface area contributed by atoms with Gasteiger partial charge in [-0.05, 0) is 31.9 Å². The first-order valence-electron chi connectivity index (χ1n) is 10.7. The first-order valence-corrected chi connectivity index (χ1v) is 10.7. The Kier molecular flexibility index (Phi) is 5.13. The van der Waals surface area contributed by atoms with E-state index in [9.17, 15) is 9.18 Å². The van der Waals surface area contributed by atoms with Gasteiger partial charge < -0.3 is 19.7 Å². The fourth-order valence-electron chi connectivity index (χ4n) is 4.15. The minimum Gasteiger partial charge on any atom is -0.364 e. The van der Waals surface area contributed by atoms with Gasteiger partial charge in [0.15, 0.2) is 17.0 Å². The highest BCUT2D eigenvalue weighted by Crippen LogP contribution is 2.28. The molecule has 31 heavy (non-hydrogen) atoms. The first kappa shape index (κ1) is 19.7. The number of carbonyl (C=O) groups is 1. The molecule has 1 N–H and O–H groups in total. The number of nitrogens with zero attached hydrogens (tertiary/aromatic N) is 7. The van der Waals surface area contributed by atoms with Crippen LogP contribution in [0.5, 0.6) is 0 Å². The quantitative estimate of drug-likeness (QED) is 0.677. The molecule has 1 unspecified atom stereocenters. The fourth-order valence-corrected chi connectivity index (χ4v) is 4.15. The van der Waals surface area contributed by atoms with Crippen LogP contribution in [-0.2, 0) is 13.2 Å². The highest BCUT2D eigenvalue weighted by molar-refractivity contribution is 5.86. The molecule has 0 aliphatic carbocycles. The average Bonchev–Trinajstić information content (AvgIpc) is 3.37. The molecule has 10 heteroatoms. The molecule has 3 aromatic heterocycles. The van der Waals surface area contributed by atoms with Crippen LogP contribution in [0.1, 0.15) is 25.5 Å². The molecule has 3 aromatic rings. The van der Waals surface area contributed by atoms with Gasteiger partial charge in [-0.15, -0.1) is 0 Å². The second-order valence-electron chi connectivity index (χ2n) is 7.95. The summed E-state index contributed by atoms with van der Waals surface area (Å²) in [5.74, 6) is 1.38. The van der Waals surface area contributed by atoms with Gasteiger partial charge in [-0.2, -0.15) is 0 Å². The van der Waals surface area contributed by atoms with Crippen molar-refractivity contribution in [2.75, 3.05) is 31.5 Å². The van der Waals surface area contributed by atoms with Gasteiger partial charge >= 0.3 is 6.03 Å². The molecule has 0 bridgehead atoms. The van der Waals surface area contributed by atoms with Crippen LogP contribution in [0, 0.1) is 0 Å². The summed E-state index contributed by atoms with van der Waals surface area (Å²) in [5, 5.41) is 3.47. The van der Waals surface area contributed by atoms with Gasteiger partial charge in [0.05, 0.1) is 5.69 Å². The number of amides is 2. The molecule has 0 saturated carbocycles. The summed E-state index contributed by atoms with van der Waals surface area (Å²) in [6.07, 6.45) is 5.12. The summed E-state index contributed by atoms with van der Waals surface area (Å²) in [6, 6.07) is 3.74. The SMILES string of the molecule is CCn1c(-c2ccc(CF)nc2)nc2c(NC3CCN(C(=O)N4CCC4)C3)ncnc21. The van der Waals surface area contributed by atoms with Crippen molar-refractivity contribution in [1.82, 2.24) is 34.3 Å². The highest BCUT2D eigenvalue weighted by Gasteiger charge is 2.32. The Balaban J connectivity index is 1.40. The molecule has 1 atom stereocenters. The largest absolute Gasteiger partial charge is 0.364 e. The first-order chi connectivity index (χ1) is 15.2. The van der Waals surface area contributed by atoms with Gasteiger partial charge in [-0.1, -0.05) is 0 Å². The Morgan fingerprint density at radius 1 is 1.19 bits per heavy atom. The van der Waals surface area contributed by atoms with Crippen molar-refractivity contribution in [1.29, 1.82) is 0 Å². The van der Waals surface area contributed by atoms with Gasteiger partial charge in [-0.25, -0.2) is 24.1 Å². The van der Waals surface area contributed by atoms with Crippen molar-refractivity contribution in [3.8, 4) is 11.4 Å². The number of imidazole rings is 1. The van der Waals surface area contributed by atoms with Gasteiger partial charge in [0.25, 0.3) is 0 Å². The lowest BCUT2D eigenvalue weighted by Gasteiger charge is -2.34. The van der Waals surface area contributed by atoms with E-state index in [1.807, 2.05) is 27.4 Å². The number of urea groups is 1. The number of carbonyl (C=O) groups excluding carboxylic acids is 1. The number of alkyl halides is 1. The monoisotopic (exact) mass is 424 g/mol. The number of fused-ring (bicyclic) bond motifs is 1. The predicted octanol–water partition coefficient (Wildman–Crippen LogP) is 2.69. The summed E-state index contributed by atoms with van der Waals surface area (Å²) in [5.41, 5.74) is 2.61. The number of aromatic nitrogens is 5. The fraction of sp³-hybridized carbons (Fsp3) is 0.476. The minimum absolute atomic E-state index is 0.115. The normalized spacial score (nSPS) is 18.5. The zero-order valence-electron chi connectivity index (χ0n) is 17.5. The van der Waals surface area contributed by atoms with E-state index in [2.05, 4.69) is 20.3 Å². The van der Waals surface area contributed by atoms with E-state index in [0.717, 1.165) is 49.5 Å². The van der Waals surface area contributed by atoms with Gasteiger partial charge in [-0.3, -0.25) is 4.98 Å². The molecule has 2 aliphatic heterocycles. The third-order valence-corrected chi connectivity index (χ3v) is 5.99. The van der Waals surface area contributed by atoms with Crippen molar-refractivity contribution < 1.29 is 9.18 Å². The van der Waals surface area contributed by atoms with Crippen LogP contribution in [0.15, 0.2) is 24.7 Å². The van der Waals surface area contributed by atoms with Crippen molar-refractivity contribution in [3.05, 3.63) is 30.4 Å². The Morgan fingerprint density at radius 2 is 2.06 bits per heavy atom. The number of halogens is 1. The van der Waals surface area contributed by atoms with Crippen LogP contribution >= 0.6 is 0 Å². The van der Waals surface area contributed by atoms with Crippen LogP contribution in [0.25, 0.3) is 22.6 Å². The maximum absolute atomic E-state index is 12.8. The summed E-state index contributed by atoms with van der Waals surface area (Å²) in [4.78, 5) is 34.1. The number of hydrogen-bond acceptors (Lipinski definition) is 6. The molecule has 9 nitrogen and oxygen atoms in total. The van der Waals surface area contributed by atoms with Gasteiger partial charge in [0.1, 0.15) is 18.8 Å². The second-order valence-corrected chi connectivity index (χ2v) is 7.95. The van der Waals surface area contributed by atoms with E-state index in [0.29, 0.717) is 30.1 Å². The Hall–Kier alpha value is -3.30. The molecule has 5 rings (SSSR count). The smallest absolute Gasteiger partial charge is 0.320 e. The summed E-state index contributed by atoms with van der Waals surface area (Å²) >= 11 is 0. The summed E-state index contributed by atoms with van der Waals surface area (Å²) in [7, 11) is 0. The molecule has 0 radical (unpaired) electrons. The molecule has 2 aliphatic rings. The van der Waals surface area contributed by atoms with Crippen LogP contribution in [0.3, 0.4) is 0 Å². The lowest BCUT2D eigenvalue weighted by atomic mass is 10.2. The lowest BCUT2D eigenvalue weighted by molar-refractivity contribution is 0.135. The molecule has 2 saturated heterocycles. The maximum Gasteiger partial charge on any atom is 0.320 e. The number of anilines is 1. The lowest BCUT2D eigenvalue weighted by Crippen LogP contribution is -2.49. The van der Waals surface area contributed by atoms with Gasteiger partial charge in [0.2, 0.25) is 0 Å². The molecular weight excluding hydrogens is 399 g/mol. The maximum atomic E-state index is 12.8. The molecule has 0 spiro atoms. The molecular formula is C21H25FN8O. The van der Waals surface area contributed by atoms with E-state index < -0.39 is 6.67 Å². The third kappa shape index (κ3) is 3.55. The molecule has 0 aromatic carbocycles. The zero-order chi connectivity index (χ0) is 21.4. The Labute approximate surface area is 179 Å². The van der Waals surface area contributed by atoms with E-state index in [4.69, 9.17) is 4.98 Å². The standard InChI is InChI=1S/C21H25FN8O/c1-2-30-19(14-4-5-15(10-22)23-11-14)27-17-18(24-13-25-20(17)30)26-16-6-9-29(12-16)21(31)28-7-3-8-28/h4-5,11,13,16H,2-3,6-10,12H2,1H3,(H,24,25,26). The predicted molar refractivity (Wildman–Crippen MR) is 114 cm³/mol. The Bertz CT molecular complexity index is 1090. The number of nitrogens with one attached hydrogen (secondary N) is 1. The van der Waals surface area contributed by atoms with E-state index >= 15 is 0 Å². The van der Waals surface area contributed by atoms with Gasteiger partial charge in [0, 0.05) is 50.5 Å². The molecule has 2 fully saturated rings.